The first-order chi connectivity index (χ1) is 13.4. The van der Waals surface area contributed by atoms with Gasteiger partial charge in [-0.3, -0.25) is 9.79 Å². The van der Waals surface area contributed by atoms with Crippen LogP contribution in [0.4, 0.5) is 4.39 Å². The van der Waals surface area contributed by atoms with Gasteiger partial charge in [-0.15, -0.1) is 24.0 Å². The Morgan fingerprint density at radius 1 is 1.24 bits per heavy atom. The standard InChI is InChI=1S/C21H36FN5O.HI/c1-5-27(6-2)13-7-8-16(3)26-21(24-4)25-15-18(20(23)28)14-17-9-11-19(22)12-10-17;/h9-12,16,18H,5-8,13-15H2,1-4H3,(H2,23,28)(H2,24,25,26);1H. The van der Waals surface area contributed by atoms with Crippen LogP contribution in [-0.4, -0.2) is 56.0 Å². The van der Waals surface area contributed by atoms with Crippen LogP contribution in [0.5, 0.6) is 0 Å². The van der Waals surface area contributed by atoms with Crippen molar-refractivity contribution in [1.82, 2.24) is 15.5 Å². The molecular weight excluding hydrogens is 484 g/mol. The van der Waals surface area contributed by atoms with E-state index in [1.54, 1.807) is 19.2 Å². The van der Waals surface area contributed by atoms with E-state index in [2.05, 4.69) is 41.3 Å². The molecule has 29 heavy (non-hydrogen) atoms. The second-order valence-corrected chi connectivity index (χ2v) is 7.10. The number of nitrogens with one attached hydrogen (secondary N) is 2. The molecule has 2 atom stereocenters. The molecule has 2 unspecified atom stereocenters. The van der Waals surface area contributed by atoms with E-state index in [-0.39, 0.29) is 41.7 Å². The Morgan fingerprint density at radius 3 is 2.38 bits per heavy atom. The Bertz CT molecular complexity index is 608. The highest BCUT2D eigenvalue weighted by atomic mass is 127. The number of aliphatic imine (C=N–C) groups is 1. The summed E-state index contributed by atoms with van der Waals surface area (Å²) in [5, 5.41) is 6.55. The summed E-state index contributed by atoms with van der Waals surface area (Å²) in [4.78, 5) is 18.4. The molecule has 0 aromatic heterocycles. The Labute approximate surface area is 191 Å². The minimum absolute atomic E-state index is 0. The SMILES string of the molecule is CCN(CC)CCCC(C)NC(=NC)NCC(Cc1ccc(F)cc1)C(N)=O.I. The smallest absolute Gasteiger partial charge is 0.222 e. The molecule has 8 heteroatoms. The molecule has 0 bridgehead atoms. The molecule has 0 radical (unpaired) electrons. The Kier molecular flexibility index (Phi) is 14.7. The maximum absolute atomic E-state index is 13.0. The Morgan fingerprint density at radius 2 is 1.86 bits per heavy atom. The lowest BCUT2D eigenvalue weighted by molar-refractivity contribution is -0.121. The van der Waals surface area contributed by atoms with Crippen molar-refractivity contribution >= 4 is 35.8 Å². The van der Waals surface area contributed by atoms with Crippen LogP contribution in [-0.2, 0) is 11.2 Å². The topological polar surface area (TPSA) is 82.8 Å². The minimum Gasteiger partial charge on any atom is -0.369 e. The van der Waals surface area contributed by atoms with Gasteiger partial charge >= 0.3 is 0 Å². The maximum Gasteiger partial charge on any atom is 0.222 e. The molecule has 6 nitrogen and oxygen atoms in total. The first kappa shape index (κ1) is 27.6. The number of halogens is 2. The van der Waals surface area contributed by atoms with Gasteiger partial charge in [0.25, 0.3) is 0 Å². The van der Waals surface area contributed by atoms with E-state index in [0.717, 1.165) is 38.0 Å². The summed E-state index contributed by atoms with van der Waals surface area (Å²) in [5.41, 5.74) is 6.42. The van der Waals surface area contributed by atoms with E-state index in [4.69, 9.17) is 5.73 Å². The lowest BCUT2D eigenvalue weighted by Crippen LogP contribution is -2.46. The molecule has 0 fully saturated rings. The first-order valence-corrected chi connectivity index (χ1v) is 10.1. The normalized spacial score (nSPS) is 13.5. The van der Waals surface area contributed by atoms with Crippen molar-refractivity contribution in [1.29, 1.82) is 0 Å². The van der Waals surface area contributed by atoms with Gasteiger partial charge in [0, 0.05) is 19.6 Å². The largest absolute Gasteiger partial charge is 0.369 e. The third-order valence-corrected chi connectivity index (χ3v) is 4.93. The van der Waals surface area contributed by atoms with Gasteiger partial charge in [0.15, 0.2) is 5.96 Å². The van der Waals surface area contributed by atoms with E-state index >= 15 is 0 Å². The van der Waals surface area contributed by atoms with Crippen LogP contribution < -0.4 is 16.4 Å². The number of nitrogens with two attached hydrogens (primary N) is 1. The van der Waals surface area contributed by atoms with Gasteiger partial charge in [0.2, 0.25) is 5.91 Å². The monoisotopic (exact) mass is 521 g/mol. The average molecular weight is 521 g/mol. The van der Waals surface area contributed by atoms with Crippen molar-refractivity contribution in [2.75, 3.05) is 33.2 Å². The lowest BCUT2D eigenvalue weighted by atomic mass is 9.98. The third kappa shape index (κ3) is 11.4. The molecule has 0 saturated heterocycles. The lowest BCUT2D eigenvalue weighted by Gasteiger charge is -2.22. The van der Waals surface area contributed by atoms with Crippen LogP contribution in [0.15, 0.2) is 29.3 Å². The fraction of sp³-hybridized carbons (Fsp3) is 0.619. The van der Waals surface area contributed by atoms with Gasteiger partial charge in [-0.2, -0.15) is 0 Å². The number of nitrogens with zero attached hydrogens (tertiary/aromatic N) is 2. The van der Waals surface area contributed by atoms with Crippen LogP contribution in [0, 0.1) is 11.7 Å². The summed E-state index contributed by atoms with van der Waals surface area (Å²) in [7, 11) is 1.71. The average Bonchev–Trinajstić information content (AvgIpc) is 2.68. The quantitative estimate of drug-likeness (QED) is 0.225. The molecule has 0 spiro atoms. The van der Waals surface area contributed by atoms with Gasteiger partial charge in [-0.05, 0) is 63.5 Å². The Balaban J connectivity index is 0.00000784. The van der Waals surface area contributed by atoms with Crippen LogP contribution in [0.1, 0.15) is 39.2 Å². The van der Waals surface area contributed by atoms with E-state index in [9.17, 15) is 9.18 Å². The molecule has 1 amide bonds. The zero-order valence-corrected chi connectivity index (χ0v) is 20.4. The van der Waals surface area contributed by atoms with Crippen molar-refractivity contribution < 1.29 is 9.18 Å². The van der Waals surface area contributed by atoms with E-state index in [1.165, 1.54) is 12.1 Å². The summed E-state index contributed by atoms with van der Waals surface area (Å²) < 4.78 is 13.0. The van der Waals surface area contributed by atoms with E-state index in [1.807, 2.05) is 0 Å². The van der Waals surface area contributed by atoms with Crippen molar-refractivity contribution in [2.24, 2.45) is 16.6 Å². The summed E-state index contributed by atoms with van der Waals surface area (Å²) in [6.07, 6.45) is 2.60. The molecule has 0 aliphatic rings. The summed E-state index contributed by atoms with van der Waals surface area (Å²) in [6, 6.07) is 6.40. The van der Waals surface area contributed by atoms with Gasteiger partial charge in [-0.1, -0.05) is 26.0 Å². The number of amides is 1. The number of guanidine groups is 1. The van der Waals surface area contributed by atoms with Gasteiger partial charge in [-0.25, -0.2) is 4.39 Å². The highest BCUT2D eigenvalue weighted by Gasteiger charge is 2.17. The highest BCUT2D eigenvalue weighted by molar-refractivity contribution is 14.0. The number of carbonyl (C=O) groups excluding carboxylic acids is 1. The zero-order chi connectivity index (χ0) is 20.9. The number of primary amides is 1. The van der Waals surface area contributed by atoms with Crippen molar-refractivity contribution in [3.63, 3.8) is 0 Å². The maximum atomic E-state index is 13.0. The molecule has 1 aromatic carbocycles. The molecule has 0 saturated carbocycles. The molecule has 0 aliphatic carbocycles. The van der Waals surface area contributed by atoms with E-state index < -0.39 is 5.92 Å². The van der Waals surface area contributed by atoms with Crippen molar-refractivity contribution in [2.45, 2.75) is 46.1 Å². The predicted molar refractivity (Wildman–Crippen MR) is 129 cm³/mol. The molecular formula is C21H37FIN5O. The van der Waals surface area contributed by atoms with Gasteiger partial charge in [0.1, 0.15) is 5.82 Å². The van der Waals surface area contributed by atoms with Crippen LogP contribution >= 0.6 is 24.0 Å². The summed E-state index contributed by atoms with van der Waals surface area (Å²) in [6.45, 7) is 10.1. The molecule has 0 heterocycles. The molecule has 1 aromatic rings. The third-order valence-electron chi connectivity index (χ3n) is 4.93. The van der Waals surface area contributed by atoms with Crippen LogP contribution in [0.25, 0.3) is 0 Å². The molecule has 166 valence electrons. The molecule has 0 aliphatic heterocycles. The number of rotatable bonds is 12. The fourth-order valence-electron chi connectivity index (χ4n) is 3.06. The predicted octanol–water partition coefficient (Wildman–Crippen LogP) is 2.76. The highest BCUT2D eigenvalue weighted by Crippen LogP contribution is 2.09. The number of benzene rings is 1. The van der Waals surface area contributed by atoms with Crippen molar-refractivity contribution in [3.05, 3.63) is 35.6 Å². The molecule has 4 N–H and O–H groups in total. The number of hydrogen-bond acceptors (Lipinski definition) is 3. The van der Waals surface area contributed by atoms with Crippen molar-refractivity contribution in [3.8, 4) is 0 Å². The number of hydrogen-bond donors (Lipinski definition) is 3. The first-order valence-electron chi connectivity index (χ1n) is 10.1. The second kappa shape index (κ2) is 15.4. The summed E-state index contributed by atoms with van der Waals surface area (Å²) in [5.74, 6) is -0.431. The minimum atomic E-state index is -0.401. The number of carbonyl (C=O) groups is 1. The van der Waals surface area contributed by atoms with Crippen LogP contribution in [0.2, 0.25) is 0 Å². The van der Waals surface area contributed by atoms with E-state index in [0.29, 0.717) is 18.9 Å². The molecule has 1 rings (SSSR count). The zero-order valence-electron chi connectivity index (χ0n) is 18.1. The fourth-order valence-corrected chi connectivity index (χ4v) is 3.06. The Hall–Kier alpha value is -1.42. The van der Waals surface area contributed by atoms with Crippen LogP contribution in [0.3, 0.4) is 0 Å². The van der Waals surface area contributed by atoms with Gasteiger partial charge in [0.05, 0.1) is 5.92 Å². The second-order valence-electron chi connectivity index (χ2n) is 7.10. The summed E-state index contributed by atoms with van der Waals surface area (Å²) >= 11 is 0. The van der Waals surface area contributed by atoms with Gasteiger partial charge < -0.3 is 21.3 Å².